The predicted molar refractivity (Wildman–Crippen MR) is 86.9 cm³/mol. The maximum absolute atomic E-state index is 6.05. The summed E-state index contributed by atoms with van der Waals surface area (Å²) in [6.45, 7) is 5.16. The van der Waals surface area contributed by atoms with E-state index in [9.17, 15) is 0 Å². The number of rotatable bonds is 5. The molecule has 2 rings (SSSR count). The van der Waals surface area contributed by atoms with Crippen LogP contribution in [0.25, 0.3) is 0 Å². The van der Waals surface area contributed by atoms with Crippen molar-refractivity contribution in [2.75, 3.05) is 6.54 Å². The fourth-order valence-electron chi connectivity index (χ4n) is 1.89. The minimum absolute atomic E-state index is 0.263. The Morgan fingerprint density at radius 3 is 2.75 bits per heavy atom. The van der Waals surface area contributed by atoms with Gasteiger partial charge >= 0.3 is 0 Å². The van der Waals surface area contributed by atoms with E-state index in [1.807, 2.05) is 30.5 Å². The highest BCUT2D eigenvalue weighted by atomic mass is 35.5. The molecule has 2 nitrogen and oxygen atoms in total. The molecule has 5 heteroatoms. The van der Waals surface area contributed by atoms with Gasteiger partial charge in [0.05, 0.1) is 10.0 Å². The molecule has 1 aromatic heterocycles. The first-order valence-electron chi connectivity index (χ1n) is 6.43. The molecule has 0 saturated carbocycles. The fraction of sp³-hybridized carbons (Fsp3) is 0.267. The third-order valence-electron chi connectivity index (χ3n) is 2.88. The molecule has 0 aliphatic carbocycles. The van der Waals surface area contributed by atoms with Gasteiger partial charge in [0.1, 0.15) is 5.03 Å². The molecule has 106 valence electrons. The monoisotopic (exact) mass is 326 g/mol. The van der Waals surface area contributed by atoms with Crippen LogP contribution in [-0.4, -0.2) is 11.5 Å². The van der Waals surface area contributed by atoms with E-state index < -0.39 is 0 Å². The van der Waals surface area contributed by atoms with E-state index in [2.05, 4.69) is 30.2 Å². The summed E-state index contributed by atoms with van der Waals surface area (Å²) in [5.74, 6) is 0. The minimum Gasteiger partial charge on any atom is -0.310 e. The molecule has 0 bridgehead atoms. The molecular formula is C15H16Cl2N2S. The van der Waals surface area contributed by atoms with Crippen LogP contribution in [0, 0.1) is 0 Å². The highest BCUT2D eigenvalue weighted by Gasteiger charge is 2.12. The fourth-order valence-corrected chi connectivity index (χ4v) is 3.26. The van der Waals surface area contributed by atoms with Crippen molar-refractivity contribution < 1.29 is 0 Å². The van der Waals surface area contributed by atoms with Crippen LogP contribution >= 0.6 is 35.0 Å². The summed E-state index contributed by atoms with van der Waals surface area (Å²) in [6.07, 6.45) is 1.81. The van der Waals surface area contributed by atoms with Gasteiger partial charge in [-0.05, 0) is 37.7 Å². The number of nitrogens with one attached hydrogen (secondary N) is 1. The van der Waals surface area contributed by atoms with Crippen LogP contribution in [0.1, 0.15) is 25.5 Å². The number of benzene rings is 1. The predicted octanol–water partition coefficient (Wildman–Crippen LogP) is 5.21. The molecule has 1 unspecified atom stereocenters. The maximum Gasteiger partial charge on any atom is 0.105 e. The molecule has 0 radical (unpaired) electrons. The Bertz CT molecular complexity index is 590. The Balaban J connectivity index is 2.26. The molecule has 20 heavy (non-hydrogen) atoms. The Morgan fingerprint density at radius 2 is 2.05 bits per heavy atom. The van der Waals surface area contributed by atoms with E-state index in [4.69, 9.17) is 23.2 Å². The molecular weight excluding hydrogens is 311 g/mol. The number of halogens is 2. The summed E-state index contributed by atoms with van der Waals surface area (Å²) >= 11 is 13.6. The van der Waals surface area contributed by atoms with E-state index in [0.717, 1.165) is 16.5 Å². The van der Waals surface area contributed by atoms with E-state index in [1.54, 1.807) is 11.8 Å². The normalized spacial score (nSPS) is 12.4. The number of aromatic nitrogens is 1. The zero-order chi connectivity index (χ0) is 14.5. The van der Waals surface area contributed by atoms with Crippen LogP contribution in [0.5, 0.6) is 0 Å². The first-order chi connectivity index (χ1) is 9.61. The highest BCUT2D eigenvalue weighted by Crippen LogP contribution is 2.34. The summed E-state index contributed by atoms with van der Waals surface area (Å²) in [5.41, 5.74) is 1.19. The van der Waals surface area contributed by atoms with Gasteiger partial charge in [-0.2, -0.15) is 0 Å². The SMILES string of the molecule is CCNC(C)c1cccnc1Sc1ccc(Cl)c(Cl)c1. The second kappa shape index (κ2) is 7.32. The topological polar surface area (TPSA) is 24.9 Å². The van der Waals surface area contributed by atoms with Gasteiger partial charge in [0, 0.05) is 22.7 Å². The van der Waals surface area contributed by atoms with E-state index in [-0.39, 0.29) is 6.04 Å². The first-order valence-corrected chi connectivity index (χ1v) is 8.00. The average molecular weight is 327 g/mol. The molecule has 0 spiro atoms. The molecule has 0 aliphatic rings. The quantitative estimate of drug-likeness (QED) is 0.816. The smallest absolute Gasteiger partial charge is 0.105 e. The van der Waals surface area contributed by atoms with Crippen LogP contribution in [0.15, 0.2) is 46.5 Å². The third kappa shape index (κ3) is 3.89. The Hall–Kier alpha value is -0.740. The lowest BCUT2D eigenvalue weighted by molar-refractivity contribution is 0.585. The summed E-state index contributed by atoms with van der Waals surface area (Å²) in [7, 11) is 0. The van der Waals surface area contributed by atoms with Crippen LogP contribution in [0.4, 0.5) is 0 Å². The highest BCUT2D eigenvalue weighted by molar-refractivity contribution is 7.99. The zero-order valence-electron chi connectivity index (χ0n) is 11.4. The van der Waals surface area contributed by atoms with Crippen LogP contribution < -0.4 is 5.32 Å². The van der Waals surface area contributed by atoms with Crippen molar-refractivity contribution in [3.63, 3.8) is 0 Å². The molecule has 1 heterocycles. The minimum atomic E-state index is 0.263. The van der Waals surface area contributed by atoms with Gasteiger partial charge in [-0.3, -0.25) is 0 Å². The van der Waals surface area contributed by atoms with Gasteiger partial charge in [0.2, 0.25) is 0 Å². The Labute approximate surface area is 133 Å². The second-order valence-electron chi connectivity index (χ2n) is 4.36. The van der Waals surface area contributed by atoms with Crippen molar-refractivity contribution in [3.8, 4) is 0 Å². The van der Waals surface area contributed by atoms with Crippen molar-refractivity contribution in [2.45, 2.75) is 29.8 Å². The molecule has 0 fully saturated rings. The summed E-state index contributed by atoms with van der Waals surface area (Å²) < 4.78 is 0. The lowest BCUT2D eigenvalue weighted by atomic mass is 10.1. The van der Waals surface area contributed by atoms with Gasteiger partial charge in [-0.15, -0.1) is 0 Å². The largest absolute Gasteiger partial charge is 0.310 e. The van der Waals surface area contributed by atoms with E-state index in [1.165, 1.54) is 5.56 Å². The van der Waals surface area contributed by atoms with Gasteiger partial charge in [-0.25, -0.2) is 4.98 Å². The standard InChI is InChI=1S/C15H16Cl2N2S/c1-3-18-10(2)12-5-4-8-19-15(12)20-11-6-7-13(16)14(17)9-11/h4-10,18H,3H2,1-2H3. The lowest BCUT2D eigenvalue weighted by Gasteiger charge is -2.16. The van der Waals surface area contributed by atoms with Crippen molar-refractivity contribution in [1.29, 1.82) is 0 Å². The summed E-state index contributed by atoms with van der Waals surface area (Å²) in [4.78, 5) is 5.51. The average Bonchev–Trinajstić information content (AvgIpc) is 2.44. The first kappa shape index (κ1) is 15.6. The van der Waals surface area contributed by atoms with Crippen molar-refractivity contribution >= 4 is 35.0 Å². The van der Waals surface area contributed by atoms with Crippen LogP contribution in [0.3, 0.4) is 0 Å². The van der Waals surface area contributed by atoms with Gasteiger partial charge in [0.15, 0.2) is 0 Å². The Kier molecular flexibility index (Phi) is 5.73. The zero-order valence-corrected chi connectivity index (χ0v) is 13.7. The number of nitrogens with zero attached hydrogens (tertiary/aromatic N) is 1. The number of hydrogen-bond donors (Lipinski definition) is 1. The van der Waals surface area contributed by atoms with Crippen LogP contribution in [-0.2, 0) is 0 Å². The van der Waals surface area contributed by atoms with Crippen molar-refractivity contribution in [2.24, 2.45) is 0 Å². The molecule has 1 N–H and O–H groups in total. The van der Waals surface area contributed by atoms with Crippen molar-refractivity contribution in [1.82, 2.24) is 10.3 Å². The third-order valence-corrected chi connectivity index (χ3v) is 4.65. The van der Waals surface area contributed by atoms with E-state index >= 15 is 0 Å². The number of hydrogen-bond acceptors (Lipinski definition) is 3. The maximum atomic E-state index is 6.05. The van der Waals surface area contributed by atoms with Gasteiger partial charge in [-0.1, -0.05) is 48.0 Å². The molecule has 1 atom stereocenters. The molecule has 0 aliphatic heterocycles. The number of pyridine rings is 1. The molecule has 0 amide bonds. The van der Waals surface area contributed by atoms with Crippen molar-refractivity contribution in [3.05, 3.63) is 52.1 Å². The second-order valence-corrected chi connectivity index (χ2v) is 6.23. The lowest BCUT2D eigenvalue weighted by Crippen LogP contribution is -2.18. The molecule has 2 aromatic rings. The van der Waals surface area contributed by atoms with Crippen LogP contribution in [0.2, 0.25) is 10.0 Å². The summed E-state index contributed by atoms with van der Waals surface area (Å²) in [5, 5.41) is 5.53. The molecule has 1 aromatic carbocycles. The van der Waals surface area contributed by atoms with E-state index in [0.29, 0.717) is 10.0 Å². The van der Waals surface area contributed by atoms with Gasteiger partial charge < -0.3 is 5.32 Å². The van der Waals surface area contributed by atoms with Gasteiger partial charge in [0.25, 0.3) is 0 Å². The Morgan fingerprint density at radius 1 is 1.25 bits per heavy atom. The summed E-state index contributed by atoms with van der Waals surface area (Å²) in [6, 6.07) is 9.95. The molecule has 0 saturated heterocycles.